The molecule has 2 aromatic rings. The molecule has 1 saturated heterocycles. The first-order valence-corrected chi connectivity index (χ1v) is 7.84. The van der Waals surface area contributed by atoms with Crippen LogP contribution >= 0.6 is 12.4 Å². The largest absolute Gasteiger partial charge is 0.383 e. The first-order chi connectivity index (χ1) is 10.7. The number of benzene rings is 2. The Labute approximate surface area is 144 Å². The van der Waals surface area contributed by atoms with Crippen LogP contribution in [0.15, 0.2) is 60.7 Å². The molecule has 0 radical (unpaired) electrons. The van der Waals surface area contributed by atoms with Crippen molar-refractivity contribution in [3.05, 3.63) is 71.8 Å². The molecule has 0 saturated carbocycles. The molecule has 0 spiro atoms. The Morgan fingerprint density at radius 2 is 1.48 bits per heavy atom. The van der Waals surface area contributed by atoms with Gasteiger partial charge in [0.25, 0.3) is 0 Å². The van der Waals surface area contributed by atoms with E-state index in [1.54, 1.807) is 0 Å². The molecule has 0 bridgehead atoms. The smallest absolute Gasteiger partial charge is 0.106 e. The Bertz CT molecular complexity index is 583. The van der Waals surface area contributed by atoms with E-state index in [2.05, 4.69) is 17.0 Å². The van der Waals surface area contributed by atoms with Crippen molar-refractivity contribution in [2.45, 2.75) is 18.6 Å². The number of hydrogen-bond acceptors (Lipinski definition) is 3. The van der Waals surface area contributed by atoms with Gasteiger partial charge in [-0.05, 0) is 18.1 Å². The van der Waals surface area contributed by atoms with Crippen molar-refractivity contribution in [3.8, 4) is 0 Å². The molecule has 0 aliphatic carbocycles. The van der Waals surface area contributed by atoms with Crippen molar-refractivity contribution in [2.24, 2.45) is 0 Å². The number of morpholine rings is 1. The van der Waals surface area contributed by atoms with Gasteiger partial charge in [-0.2, -0.15) is 0 Å². The highest BCUT2D eigenvalue weighted by Gasteiger charge is 2.39. The van der Waals surface area contributed by atoms with E-state index in [0.717, 1.165) is 24.2 Å². The van der Waals surface area contributed by atoms with Gasteiger partial charge in [0.1, 0.15) is 5.60 Å². The third-order valence-corrected chi connectivity index (χ3v) is 4.42. The van der Waals surface area contributed by atoms with Gasteiger partial charge >= 0.3 is 0 Å². The third-order valence-electron chi connectivity index (χ3n) is 4.42. The molecule has 3 rings (SSSR count). The predicted molar refractivity (Wildman–Crippen MR) is 94.8 cm³/mol. The minimum Gasteiger partial charge on any atom is -0.383 e. The van der Waals surface area contributed by atoms with Gasteiger partial charge in [0, 0.05) is 13.1 Å². The number of hydrogen-bond donors (Lipinski definition) is 1. The van der Waals surface area contributed by atoms with Gasteiger partial charge in [0.15, 0.2) is 0 Å². The van der Waals surface area contributed by atoms with Crippen molar-refractivity contribution >= 4 is 12.4 Å². The molecule has 1 aliphatic heterocycles. The van der Waals surface area contributed by atoms with E-state index in [-0.39, 0.29) is 18.4 Å². The maximum absolute atomic E-state index is 11.4. The Kier molecular flexibility index (Phi) is 6.19. The topological polar surface area (TPSA) is 32.7 Å². The minimum atomic E-state index is -0.958. The van der Waals surface area contributed by atoms with Gasteiger partial charge < -0.3 is 9.84 Å². The molecule has 3 nitrogen and oxygen atoms in total. The minimum absolute atomic E-state index is 0. The van der Waals surface area contributed by atoms with Crippen LogP contribution < -0.4 is 0 Å². The lowest BCUT2D eigenvalue weighted by Crippen LogP contribution is -2.47. The standard InChI is InChI=1S/C19H23NO2.ClH/c1-19(21,17-10-6-3-7-11-17)18(16-8-4-2-5-9-16)20-12-14-22-15-13-20;/h2-11,18,21H,12-15H2,1H3;1H. The van der Waals surface area contributed by atoms with Crippen LogP contribution in [0.5, 0.6) is 0 Å². The number of aliphatic hydroxyl groups is 1. The molecular formula is C19H24ClNO2. The lowest BCUT2D eigenvalue weighted by atomic mass is 9.83. The Balaban J connectivity index is 0.00000192. The lowest BCUT2D eigenvalue weighted by Gasteiger charge is -2.43. The van der Waals surface area contributed by atoms with Crippen LogP contribution in [0.2, 0.25) is 0 Å². The Morgan fingerprint density at radius 3 is 2.04 bits per heavy atom. The summed E-state index contributed by atoms with van der Waals surface area (Å²) in [5.74, 6) is 0. The highest BCUT2D eigenvalue weighted by atomic mass is 35.5. The normalized spacial score (nSPS) is 19.4. The lowest BCUT2D eigenvalue weighted by molar-refractivity contribution is -0.0738. The van der Waals surface area contributed by atoms with Gasteiger partial charge in [0.2, 0.25) is 0 Å². The van der Waals surface area contributed by atoms with Crippen LogP contribution in [0.1, 0.15) is 24.1 Å². The maximum Gasteiger partial charge on any atom is 0.106 e. The maximum atomic E-state index is 11.4. The fourth-order valence-electron chi connectivity index (χ4n) is 3.30. The van der Waals surface area contributed by atoms with E-state index in [9.17, 15) is 5.11 Å². The first-order valence-electron chi connectivity index (χ1n) is 7.84. The molecule has 0 aromatic heterocycles. The highest BCUT2D eigenvalue weighted by Crippen LogP contribution is 2.39. The number of ether oxygens (including phenoxy) is 1. The van der Waals surface area contributed by atoms with E-state index in [1.165, 1.54) is 0 Å². The summed E-state index contributed by atoms with van der Waals surface area (Å²) in [4.78, 5) is 2.33. The fourth-order valence-corrected chi connectivity index (χ4v) is 3.30. The van der Waals surface area contributed by atoms with Crippen molar-refractivity contribution < 1.29 is 9.84 Å². The summed E-state index contributed by atoms with van der Waals surface area (Å²) >= 11 is 0. The van der Waals surface area contributed by atoms with Crippen molar-refractivity contribution in [1.29, 1.82) is 0 Å². The predicted octanol–water partition coefficient (Wildman–Crippen LogP) is 3.39. The van der Waals surface area contributed by atoms with E-state index < -0.39 is 5.60 Å². The molecule has 1 fully saturated rings. The van der Waals surface area contributed by atoms with Crippen LogP contribution in [0.4, 0.5) is 0 Å². The van der Waals surface area contributed by atoms with Gasteiger partial charge in [-0.3, -0.25) is 4.90 Å². The van der Waals surface area contributed by atoms with Crippen LogP contribution in [-0.4, -0.2) is 36.3 Å². The van der Waals surface area contributed by atoms with Gasteiger partial charge in [-0.1, -0.05) is 60.7 Å². The van der Waals surface area contributed by atoms with Gasteiger partial charge in [0.05, 0.1) is 19.3 Å². The molecule has 1 aliphatic rings. The van der Waals surface area contributed by atoms with E-state index in [0.29, 0.717) is 13.2 Å². The monoisotopic (exact) mass is 333 g/mol. The average Bonchev–Trinajstić information content (AvgIpc) is 2.58. The second kappa shape index (κ2) is 7.93. The summed E-state index contributed by atoms with van der Waals surface area (Å²) < 4.78 is 5.48. The molecule has 23 heavy (non-hydrogen) atoms. The molecule has 1 heterocycles. The first kappa shape index (κ1) is 18.0. The van der Waals surface area contributed by atoms with Crippen LogP contribution in [0.3, 0.4) is 0 Å². The van der Waals surface area contributed by atoms with Crippen molar-refractivity contribution in [3.63, 3.8) is 0 Å². The number of halogens is 1. The van der Waals surface area contributed by atoms with Crippen molar-refractivity contribution in [1.82, 2.24) is 4.90 Å². The quantitative estimate of drug-likeness (QED) is 0.931. The zero-order chi connectivity index (χ0) is 15.4. The zero-order valence-electron chi connectivity index (χ0n) is 13.4. The summed E-state index contributed by atoms with van der Waals surface area (Å²) in [6.45, 7) is 5.02. The summed E-state index contributed by atoms with van der Waals surface area (Å²) in [6, 6.07) is 20.1. The molecule has 0 amide bonds. The van der Waals surface area contributed by atoms with Crippen LogP contribution in [0, 0.1) is 0 Å². The Morgan fingerprint density at radius 1 is 0.957 bits per heavy atom. The second-order valence-corrected chi connectivity index (χ2v) is 5.98. The third kappa shape index (κ3) is 3.93. The van der Waals surface area contributed by atoms with Crippen LogP contribution in [-0.2, 0) is 10.3 Å². The highest BCUT2D eigenvalue weighted by molar-refractivity contribution is 5.85. The average molecular weight is 334 g/mol. The second-order valence-electron chi connectivity index (χ2n) is 5.98. The molecule has 2 unspecified atom stereocenters. The zero-order valence-corrected chi connectivity index (χ0v) is 14.2. The summed E-state index contributed by atoms with van der Waals surface area (Å²) in [7, 11) is 0. The van der Waals surface area contributed by atoms with Gasteiger partial charge in [-0.15, -0.1) is 12.4 Å². The molecule has 2 atom stereocenters. The Hall–Kier alpha value is -1.39. The van der Waals surface area contributed by atoms with Crippen LogP contribution in [0.25, 0.3) is 0 Å². The number of rotatable bonds is 4. The summed E-state index contributed by atoms with van der Waals surface area (Å²) in [6.07, 6.45) is 0. The molecule has 4 heteroatoms. The van der Waals surface area contributed by atoms with E-state index in [1.807, 2.05) is 55.5 Å². The molecule has 2 aromatic carbocycles. The summed E-state index contributed by atoms with van der Waals surface area (Å²) in [5, 5.41) is 11.4. The molecule has 124 valence electrons. The number of nitrogens with zero attached hydrogens (tertiary/aromatic N) is 1. The van der Waals surface area contributed by atoms with Gasteiger partial charge in [-0.25, -0.2) is 0 Å². The SMILES string of the molecule is CC(O)(c1ccccc1)C(c1ccccc1)N1CCOCC1.Cl. The molecule has 1 N–H and O–H groups in total. The van der Waals surface area contributed by atoms with E-state index in [4.69, 9.17) is 4.74 Å². The van der Waals surface area contributed by atoms with E-state index >= 15 is 0 Å². The van der Waals surface area contributed by atoms with Crippen molar-refractivity contribution in [2.75, 3.05) is 26.3 Å². The summed E-state index contributed by atoms with van der Waals surface area (Å²) in [5.41, 5.74) is 1.12. The fraction of sp³-hybridized carbons (Fsp3) is 0.368. The molecular weight excluding hydrogens is 310 g/mol.